The molecule has 16 heavy (non-hydrogen) atoms. The zero-order chi connectivity index (χ0) is 12.6. The fourth-order valence-electron chi connectivity index (χ4n) is 1.24. The fraction of sp³-hybridized carbons (Fsp3) is 0.800. The normalized spacial score (nSPS) is 12.2. The van der Waals surface area contributed by atoms with Crippen molar-refractivity contribution in [3.8, 4) is 0 Å². The highest BCUT2D eigenvalue weighted by Crippen LogP contribution is 2.00. The second kappa shape index (κ2) is 8.06. The Bertz CT molecular complexity index is 231. The Morgan fingerprint density at radius 3 is 2.50 bits per heavy atom. The van der Waals surface area contributed by atoms with Crippen molar-refractivity contribution in [3.05, 3.63) is 0 Å². The molecule has 0 aliphatic heterocycles. The van der Waals surface area contributed by atoms with Gasteiger partial charge in [-0.25, -0.2) is 0 Å². The van der Waals surface area contributed by atoms with Crippen molar-refractivity contribution in [2.75, 3.05) is 27.3 Å². The molecule has 0 radical (unpaired) electrons. The Balaban J connectivity index is 3.76. The average Bonchev–Trinajstić information content (AvgIpc) is 2.17. The molecule has 0 aromatic carbocycles. The number of aliphatic hydroxyl groups is 1. The largest absolute Gasteiger partial charge is 0.481 e. The summed E-state index contributed by atoms with van der Waals surface area (Å²) in [4.78, 5) is 23.1. The molecule has 6 nitrogen and oxygen atoms in total. The molecule has 0 bridgehead atoms. The minimum Gasteiger partial charge on any atom is -0.481 e. The lowest BCUT2D eigenvalue weighted by atomic mass is 10.2. The van der Waals surface area contributed by atoms with Gasteiger partial charge in [0, 0.05) is 33.5 Å². The smallest absolute Gasteiger partial charge is 0.303 e. The molecular weight excluding hydrogens is 214 g/mol. The molecule has 0 aliphatic rings. The number of carbonyl (C=O) groups is 2. The van der Waals surface area contributed by atoms with Crippen LogP contribution in [0.1, 0.15) is 19.3 Å². The van der Waals surface area contributed by atoms with Gasteiger partial charge in [-0.2, -0.15) is 0 Å². The van der Waals surface area contributed by atoms with Crippen molar-refractivity contribution in [1.82, 2.24) is 4.90 Å². The Hall–Kier alpha value is -1.14. The second-order valence-corrected chi connectivity index (χ2v) is 3.63. The van der Waals surface area contributed by atoms with Crippen LogP contribution in [-0.4, -0.2) is 60.4 Å². The Morgan fingerprint density at radius 1 is 1.38 bits per heavy atom. The summed E-state index contributed by atoms with van der Waals surface area (Å²) in [5.74, 6) is -1.08. The van der Waals surface area contributed by atoms with Crippen molar-refractivity contribution in [2.24, 2.45) is 0 Å². The summed E-state index contributed by atoms with van der Waals surface area (Å²) in [5, 5.41) is 17.8. The maximum atomic E-state index is 11.4. The number of rotatable bonds is 8. The first kappa shape index (κ1) is 14.9. The number of aliphatic carboxylic acids is 1. The molecule has 0 rings (SSSR count). The first-order valence-electron chi connectivity index (χ1n) is 5.10. The molecule has 1 atom stereocenters. The van der Waals surface area contributed by atoms with Crippen LogP contribution in [0.4, 0.5) is 0 Å². The zero-order valence-electron chi connectivity index (χ0n) is 9.68. The summed E-state index contributed by atoms with van der Waals surface area (Å²) in [7, 11) is 3.04. The van der Waals surface area contributed by atoms with Gasteiger partial charge in [0.2, 0.25) is 5.91 Å². The fourth-order valence-corrected chi connectivity index (χ4v) is 1.24. The van der Waals surface area contributed by atoms with E-state index in [9.17, 15) is 14.7 Å². The highest BCUT2D eigenvalue weighted by atomic mass is 16.5. The van der Waals surface area contributed by atoms with Crippen LogP contribution in [0, 0.1) is 0 Å². The predicted molar refractivity (Wildman–Crippen MR) is 57.0 cm³/mol. The molecule has 0 aliphatic carbocycles. The van der Waals surface area contributed by atoms with E-state index in [1.807, 2.05) is 0 Å². The molecule has 6 heteroatoms. The SMILES string of the molecule is COCC(O)CN(C)C(=O)CCCC(=O)O. The molecule has 0 saturated carbocycles. The van der Waals surface area contributed by atoms with Crippen LogP contribution in [0.25, 0.3) is 0 Å². The van der Waals surface area contributed by atoms with E-state index in [2.05, 4.69) is 0 Å². The summed E-state index contributed by atoms with van der Waals surface area (Å²) >= 11 is 0. The van der Waals surface area contributed by atoms with Gasteiger partial charge in [-0.05, 0) is 6.42 Å². The van der Waals surface area contributed by atoms with Crippen LogP contribution in [-0.2, 0) is 14.3 Å². The van der Waals surface area contributed by atoms with E-state index < -0.39 is 12.1 Å². The number of amides is 1. The van der Waals surface area contributed by atoms with Gasteiger partial charge in [0.25, 0.3) is 0 Å². The summed E-state index contributed by atoms with van der Waals surface area (Å²) in [6.07, 6.45) is -0.222. The summed E-state index contributed by atoms with van der Waals surface area (Å²) in [5.41, 5.74) is 0. The van der Waals surface area contributed by atoms with Crippen LogP contribution >= 0.6 is 0 Å². The number of methoxy groups -OCH3 is 1. The third-order valence-corrected chi connectivity index (χ3v) is 2.05. The third kappa shape index (κ3) is 7.19. The van der Waals surface area contributed by atoms with Crippen LogP contribution in [0.5, 0.6) is 0 Å². The van der Waals surface area contributed by atoms with Crippen molar-refractivity contribution in [2.45, 2.75) is 25.4 Å². The molecule has 1 unspecified atom stereocenters. The number of nitrogens with zero attached hydrogens (tertiary/aromatic N) is 1. The second-order valence-electron chi connectivity index (χ2n) is 3.63. The van der Waals surface area contributed by atoms with Crippen LogP contribution < -0.4 is 0 Å². The van der Waals surface area contributed by atoms with Gasteiger partial charge in [-0.1, -0.05) is 0 Å². The van der Waals surface area contributed by atoms with E-state index >= 15 is 0 Å². The van der Waals surface area contributed by atoms with E-state index in [4.69, 9.17) is 9.84 Å². The van der Waals surface area contributed by atoms with E-state index in [-0.39, 0.29) is 31.9 Å². The molecule has 0 saturated heterocycles. The van der Waals surface area contributed by atoms with E-state index in [0.29, 0.717) is 6.42 Å². The number of hydrogen-bond donors (Lipinski definition) is 2. The van der Waals surface area contributed by atoms with Crippen molar-refractivity contribution in [3.63, 3.8) is 0 Å². The van der Waals surface area contributed by atoms with Crippen LogP contribution in [0.3, 0.4) is 0 Å². The number of aliphatic hydroxyl groups excluding tert-OH is 1. The van der Waals surface area contributed by atoms with Crippen molar-refractivity contribution < 1.29 is 24.5 Å². The Kier molecular flexibility index (Phi) is 7.49. The molecule has 0 aromatic rings. The molecule has 0 aromatic heterocycles. The quantitative estimate of drug-likeness (QED) is 0.601. The highest BCUT2D eigenvalue weighted by Gasteiger charge is 2.13. The van der Waals surface area contributed by atoms with Crippen molar-refractivity contribution in [1.29, 1.82) is 0 Å². The molecule has 0 heterocycles. The summed E-state index contributed by atoms with van der Waals surface area (Å²) in [6.45, 7) is 0.368. The Labute approximate surface area is 94.8 Å². The number of ether oxygens (including phenoxy) is 1. The first-order valence-corrected chi connectivity index (χ1v) is 5.10. The highest BCUT2D eigenvalue weighted by molar-refractivity contribution is 5.76. The number of carboxylic acid groups (broad SMARTS) is 1. The molecule has 1 amide bonds. The number of likely N-dealkylation sites (N-methyl/N-ethyl adjacent to an activating group) is 1. The minimum atomic E-state index is -0.908. The molecule has 94 valence electrons. The first-order chi connectivity index (χ1) is 7.47. The predicted octanol–water partition coefficient (Wildman–Crippen LogP) is -0.293. The topological polar surface area (TPSA) is 87.1 Å². The molecule has 0 spiro atoms. The zero-order valence-corrected chi connectivity index (χ0v) is 9.68. The van der Waals surface area contributed by atoms with Gasteiger partial charge >= 0.3 is 5.97 Å². The van der Waals surface area contributed by atoms with E-state index in [0.717, 1.165) is 0 Å². The van der Waals surface area contributed by atoms with Gasteiger partial charge < -0.3 is 19.8 Å². The number of carbonyl (C=O) groups excluding carboxylic acids is 1. The van der Waals surface area contributed by atoms with Crippen LogP contribution in [0.15, 0.2) is 0 Å². The van der Waals surface area contributed by atoms with E-state index in [1.54, 1.807) is 7.05 Å². The lowest BCUT2D eigenvalue weighted by molar-refractivity contribution is -0.137. The van der Waals surface area contributed by atoms with E-state index in [1.165, 1.54) is 12.0 Å². The maximum Gasteiger partial charge on any atom is 0.303 e. The summed E-state index contributed by atoms with van der Waals surface area (Å²) < 4.78 is 4.73. The van der Waals surface area contributed by atoms with Gasteiger partial charge in [-0.3, -0.25) is 9.59 Å². The maximum absolute atomic E-state index is 11.4. The standard InChI is InChI=1S/C10H19NO5/c1-11(6-8(12)7-16-2)9(13)4-3-5-10(14)15/h8,12H,3-7H2,1-2H3,(H,14,15). The minimum absolute atomic E-state index is 0.0137. The van der Waals surface area contributed by atoms with Gasteiger partial charge in [-0.15, -0.1) is 0 Å². The van der Waals surface area contributed by atoms with Gasteiger partial charge in [0.1, 0.15) is 0 Å². The molecular formula is C10H19NO5. The van der Waals surface area contributed by atoms with Gasteiger partial charge in [0.05, 0.1) is 12.7 Å². The monoisotopic (exact) mass is 233 g/mol. The van der Waals surface area contributed by atoms with Gasteiger partial charge in [0.15, 0.2) is 0 Å². The summed E-state index contributed by atoms with van der Waals surface area (Å²) in [6, 6.07) is 0. The van der Waals surface area contributed by atoms with Crippen LogP contribution in [0.2, 0.25) is 0 Å². The molecule has 2 N–H and O–H groups in total. The third-order valence-electron chi connectivity index (χ3n) is 2.05. The Morgan fingerprint density at radius 2 is 2.00 bits per heavy atom. The number of hydrogen-bond acceptors (Lipinski definition) is 4. The number of carboxylic acids is 1. The lowest BCUT2D eigenvalue weighted by Crippen LogP contribution is -2.36. The lowest BCUT2D eigenvalue weighted by Gasteiger charge is -2.20. The molecule has 0 fully saturated rings. The van der Waals surface area contributed by atoms with Crippen molar-refractivity contribution >= 4 is 11.9 Å². The average molecular weight is 233 g/mol.